The number of carbonyl (C=O) groups excluding carboxylic acids is 2. The molecule has 1 aromatic rings. The van der Waals surface area contributed by atoms with Crippen molar-refractivity contribution in [3.63, 3.8) is 0 Å². The molecule has 0 radical (unpaired) electrons. The highest BCUT2D eigenvalue weighted by Gasteiger charge is 2.25. The van der Waals surface area contributed by atoms with Crippen LogP contribution in [0.2, 0.25) is 0 Å². The second kappa shape index (κ2) is 8.33. The summed E-state index contributed by atoms with van der Waals surface area (Å²) in [5, 5.41) is 22.6. The highest BCUT2D eigenvalue weighted by Crippen LogP contribution is 2.10. The number of nitrogen functional groups attached to an aromatic ring is 1. The van der Waals surface area contributed by atoms with E-state index in [0.29, 0.717) is 0 Å². The predicted octanol–water partition coefficient (Wildman–Crippen LogP) is 0.631. The number of nitrogens with zero attached hydrogens (tertiary/aromatic N) is 1. The monoisotopic (exact) mass is 330 g/mol. The molecule has 1 unspecified atom stereocenters. The van der Waals surface area contributed by atoms with E-state index in [9.17, 15) is 14.4 Å². The van der Waals surface area contributed by atoms with Crippen LogP contribution in [0.3, 0.4) is 0 Å². The predicted molar refractivity (Wildman–Crippen MR) is 86.4 cm³/mol. The van der Waals surface area contributed by atoms with Gasteiger partial charge in [-0.2, -0.15) is 5.26 Å². The van der Waals surface area contributed by atoms with Crippen LogP contribution >= 0.6 is 0 Å². The first-order valence-corrected chi connectivity index (χ1v) is 7.07. The van der Waals surface area contributed by atoms with Gasteiger partial charge in [0.15, 0.2) is 0 Å². The molecule has 0 aliphatic rings. The van der Waals surface area contributed by atoms with Gasteiger partial charge in [0, 0.05) is 11.9 Å². The van der Waals surface area contributed by atoms with Gasteiger partial charge in [-0.15, -0.1) is 0 Å². The summed E-state index contributed by atoms with van der Waals surface area (Å²) < 4.78 is 0. The van der Waals surface area contributed by atoms with E-state index >= 15 is 0 Å². The van der Waals surface area contributed by atoms with E-state index in [2.05, 4.69) is 10.6 Å². The molecule has 0 fully saturated rings. The third kappa shape index (κ3) is 4.84. The molecule has 1 aromatic carbocycles. The van der Waals surface area contributed by atoms with Crippen LogP contribution in [0.15, 0.2) is 36.0 Å². The Hall–Kier alpha value is -3.34. The molecule has 0 heterocycles. The number of anilines is 1. The Balaban J connectivity index is 2.86. The van der Waals surface area contributed by atoms with Gasteiger partial charge in [0.25, 0.3) is 11.8 Å². The summed E-state index contributed by atoms with van der Waals surface area (Å²) in [7, 11) is 0. The largest absolute Gasteiger partial charge is 0.480 e. The number of carboxylic acids is 1. The van der Waals surface area contributed by atoms with E-state index in [0.717, 1.165) is 6.20 Å². The molecule has 1 rings (SSSR count). The third-order valence-corrected chi connectivity index (χ3v) is 3.14. The molecule has 24 heavy (non-hydrogen) atoms. The number of carbonyl (C=O) groups is 3. The van der Waals surface area contributed by atoms with E-state index in [1.807, 2.05) is 0 Å². The molecule has 0 saturated heterocycles. The molecular weight excluding hydrogens is 312 g/mol. The van der Waals surface area contributed by atoms with E-state index in [1.54, 1.807) is 32.0 Å². The van der Waals surface area contributed by atoms with Crippen LogP contribution in [0.1, 0.15) is 24.2 Å². The van der Waals surface area contributed by atoms with Crippen molar-refractivity contribution in [3.8, 4) is 6.07 Å². The number of hydrogen-bond donors (Lipinski definition) is 4. The van der Waals surface area contributed by atoms with Crippen molar-refractivity contribution in [2.45, 2.75) is 19.9 Å². The zero-order valence-corrected chi connectivity index (χ0v) is 13.2. The van der Waals surface area contributed by atoms with E-state index < -0.39 is 29.4 Å². The van der Waals surface area contributed by atoms with E-state index in [-0.39, 0.29) is 17.2 Å². The molecule has 8 heteroatoms. The number of benzene rings is 1. The van der Waals surface area contributed by atoms with E-state index in [1.165, 1.54) is 12.1 Å². The number of hydrogen-bond acceptors (Lipinski definition) is 5. The van der Waals surface area contributed by atoms with Gasteiger partial charge >= 0.3 is 5.97 Å². The molecule has 0 spiro atoms. The van der Waals surface area contributed by atoms with Gasteiger partial charge in [-0.3, -0.25) is 9.59 Å². The number of rotatable bonds is 6. The first-order chi connectivity index (χ1) is 11.3. The average Bonchev–Trinajstić information content (AvgIpc) is 2.52. The van der Waals surface area contributed by atoms with Crippen molar-refractivity contribution in [2.75, 3.05) is 5.73 Å². The first-order valence-electron chi connectivity index (χ1n) is 7.07. The molecular formula is C16H18N4O4. The molecule has 0 aliphatic carbocycles. The van der Waals surface area contributed by atoms with Crippen molar-refractivity contribution in [3.05, 3.63) is 41.6 Å². The maximum absolute atomic E-state index is 12.0. The summed E-state index contributed by atoms with van der Waals surface area (Å²) in [6, 6.07) is 6.78. The van der Waals surface area contributed by atoms with E-state index in [4.69, 9.17) is 16.1 Å². The molecule has 126 valence electrons. The Bertz CT molecular complexity index is 719. The quantitative estimate of drug-likeness (QED) is 0.342. The topological polar surface area (TPSA) is 145 Å². The van der Waals surface area contributed by atoms with Gasteiger partial charge in [0.1, 0.15) is 17.7 Å². The Labute approximate surface area is 139 Å². The lowest BCUT2D eigenvalue weighted by atomic mass is 10.0. The molecule has 2 amide bonds. The fourth-order valence-electron chi connectivity index (χ4n) is 1.80. The number of carboxylic acid groups (broad SMARTS) is 1. The summed E-state index contributed by atoms with van der Waals surface area (Å²) in [5.74, 6) is -3.06. The zero-order valence-electron chi connectivity index (χ0n) is 13.2. The maximum Gasteiger partial charge on any atom is 0.326 e. The van der Waals surface area contributed by atoms with Gasteiger partial charge in [0.05, 0.1) is 5.56 Å². The lowest BCUT2D eigenvalue weighted by Crippen LogP contribution is -2.45. The van der Waals surface area contributed by atoms with Crippen LogP contribution < -0.4 is 16.4 Å². The summed E-state index contributed by atoms with van der Waals surface area (Å²) in [4.78, 5) is 35.0. The van der Waals surface area contributed by atoms with Gasteiger partial charge in [-0.25, -0.2) is 4.79 Å². The molecule has 0 aromatic heterocycles. The summed E-state index contributed by atoms with van der Waals surface area (Å²) >= 11 is 0. The molecule has 0 saturated carbocycles. The Morgan fingerprint density at radius 2 is 1.92 bits per heavy atom. The van der Waals surface area contributed by atoms with Crippen molar-refractivity contribution < 1.29 is 19.5 Å². The van der Waals surface area contributed by atoms with Crippen LogP contribution in [-0.2, 0) is 9.59 Å². The number of para-hydroxylation sites is 1. The Morgan fingerprint density at radius 1 is 1.29 bits per heavy atom. The highest BCUT2D eigenvalue weighted by atomic mass is 16.4. The van der Waals surface area contributed by atoms with Crippen molar-refractivity contribution in [1.29, 1.82) is 5.26 Å². The standard InChI is InChI=1S/C16H18N4O4/c1-9(2)13(16(23)24)20-14(21)10(7-17)8-19-15(22)11-5-3-4-6-12(11)18/h3-6,8-9,13H,18H2,1-2H3,(H,19,22)(H,20,21)(H,23,24)/b10-8-. The highest BCUT2D eigenvalue weighted by molar-refractivity contribution is 6.02. The second-order valence-corrected chi connectivity index (χ2v) is 5.26. The summed E-state index contributed by atoms with van der Waals surface area (Å²) in [5.41, 5.74) is 5.67. The SMILES string of the molecule is CC(C)C(NC(=O)/C(C#N)=C\NC(=O)c1ccccc1N)C(=O)O. The number of nitrogens with one attached hydrogen (secondary N) is 2. The number of nitriles is 1. The van der Waals surface area contributed by atoms with Gasteiger partial charge in [-0.1, -0.05) is 26.0 Å². The maximum atomic E-state index is 12.0. The molecule has 0 bridgehead atoms. The van der Waals surface area contributed by atoms with Crippen LogP contribution in [0.4, 0.5) is 5.69 Å². The zero-order chi connectivity index (χ0) is 18.3. The Kier molecular flexibility index (Phi) is 6.50. The number of aliphatic carboxylic acids is 1. The van der Waals surface area contributed by atoms with Crippen LogP contribution in [0.5, 0.6) is 0 Å². The molecule has 5 N–H and O–H groups in total. The van der Waals surface area contributed by atoms with Crippen molar-refractivity contribution in [1.82, 2.24) is 10.6 Å². The van der Waals surface area contributed by atoms with Crippen molar-refractivity contribution in [2.24, 2.45) is 5.92 Å². The van der Waals surface area contributed by atoms with Gasteiger partial charge in [0.2, 0.25) is 0 Å². The molecule has 1 atom stereocenters. The smallest absolute Gasteiger partial charge is 0.326 e. The molecule has 0 aliphatic heterocycles. The van der Waals surface area contributed by atoms with Gasteiger partial charge in [-0.05, 0) is 18.1 Å². The van der Waals surface area contributed by atoms with Gasteiger partial charge < -0.3 is 21.5 Å². The van der Waals surface area contributed by atoms with Crippen LogP contribution in [-0.4, -0.2) is 28.9 Å². The Morgan fingerprint density at radius 3 is 2.42 bits per heavy atom. The number of nitrogens with two attached hydrogens (primary N) is 1. The van der Waals surface area contributed by atoms with Crippen LogP contribution in [0, 0.1) is 17.2 Å². The summed E-state index contributed by atoms with van der Waals surface area (Å²) in [6.07, 6.45) is 0.920. The summed E-state index contributed by atoms with van der Waals surface area (Å²) in [6.45, 7) is 3.24. The first kappa shape index (κ1) is 18.7. The fraction of sp³-hybridized carbons (Fsp3) is 0.250. The minimum Gasteiger partial charge on any atom is -0.480 e. The van der Waals surface area contributed by atoms with Crippen molar-refractivity contribution >= 4 is 23.5 Å². The minimum absolute atomic E-state index is 0.192. The number of amides is 2. The average molecular weight is 330 g/mol. The minimum atomic E-state index is -1.21. The lowest BCUT2D eigenvalue weighted by molar-refractivity contribution is -0.142. The molecule has 8 nitrogen and oxygen atoms in total. The fourth-order valence-corrected chi connectivity index (χ4v) is 1.80. The third-order valence-electron chi connectivity index (χ3n) is 3.14. The lowest BCUT2D eigenvalue weighted by Gasteiger charge is -2.17. The second-order valence-electron chi connectivity index (χ2n) is 5.26. The van der Waals surface area contributed by atoms with Crippen LogP contribution in [0.25, 0.3) is 0 Å². The normalized spacial score (nSPS) is 12.2.